The first-order valence-electron chi connectivity index (χ1n) is 7.30. The van der Waals surface area contributed by atoms with Crippen LogP contribution in [0.25, 0.3) is 10.1 Å². The summed E-state index contributed by atoms with van der Waals surface area (Å²) in [5.41, 5.74) is 6.57. The molecule has 3 N–H and O–H groups in total. The van der Waals surface area contributed by atoms with Gasteiger partial charge in [0.25, 0.3) is 11.8 Å². The molecule has 0 fully saturated rings. The molecule has 5 nitrogen and oxygen atoms in total. The van der Waals surface area contributed by atoms with Gasteiger partial charge in [-0.25, -0.2) is 0 Å². The minimum Gasteiger partial charge on any atom is -0.497 e. The topological polar surface area (TPSA) is 81.4 Å². The van der Waals surface area contributed by atoms with E-state index in [2.05, 4.69) is 5.32 Å². The number of fused-ring (bicyclic) bond motifs is 1. The first-order chi connectivity index (χ1) is 11.8. The SMILES string of the molecule is COc1ccc2c(Cl)c(C(=O)Nc3sc(C)c(C)c3C(N)=O)sc2c1. The van der Waals surface area contributed by atoms with Gasteiger partial charge in [-0.2, -0.15) is 0 Å². The largest absolute Gasteiger partial charge is 0.497 e. The van der Waals surface area contributed by atoms with E-state index in [0.717, 1.165) is 20.5 Å². The van der Waals surface area contributed by atoms with Gasteiger partial charge >= 0.3 is 0 Å². The van der Waals surface area contributed by atoms with Crippen molar-refractivity contribution in [3.8, 4) is 5.75 Å². The molecule has 0 unspecified atom stereocenters. The van der Waals surface area contributed by atoms with E-state index in [1.165, 1.54) is 22.7 Å². The number of amides is 2. The lowest BCUT2D eigenvalue weighted by Crippen LogP contribution is -2.17. The van der Waals surface area contributed by atoms with Gasteiger partial charge in [0.2, 0.25) is 0 Å². The molecule has 0 atom stereocenters. The first-order valence-corrected chi connectivity index (χ1v) is 9.31. The fraction of sp³-hybridized carbons (Fsp3) is 0.176. The van der Waals surface area contributed by atoms with E-state index in [9.17, 15) is 9.59 Å². The first kappa shape index (κ1) is 17.7. The summed E-state index contributed by atoms with van der Waals surface area (Å²) >= 11 is 8.96. The van der Waals surface area contributed by atoms with E-state index in [-0.39, 0.29) is 5.91 Å². The van der Waals surface area contributed by atoms with Gasteiger partial charge in [-0.05, 0) is 37.6 Å². The summed E-state index contributed by atoms with van der Waals surface area (Å²) < 4.78 is 6.05. The van der Waals surface area contributed by atoms with E-state index in [0.29, 0.717) is 26.2 Å². The average Bonchev–Trinajstić information content (AvgIpc) is 3.04. The van der Waals surface area contributed by atoms with Crippen molar-refractivity contribution in [2.45, 2.75) is 13.8 Å². The number of nitrogens with one attached hydrogen (secondary N) is 1. The summed E-state index contributed by atoms with van der Waals surface area (Å²) in [7, 11) is 1.58. The maximum atomic E-state index is 12.7. The lowest BCUT2D eigenvalue weighted by molar-refractivity contribution is 0.100. The molecule has 1 aromatic carbocycles. The maximum absolute atomic E-state index is 12.7. The number of methoxy groups -OCH3 is 1. The zero-order valence-corrected chi connectivity index (χ0v) is 16.1. The standard InChI is InChI=1S/C17H15ClN2O3S2/c1-7-8(2)24-17(12(7)15(19)21)20-16(22)14-13(18)10-5-4-9(23-3)6-11(10)25-14/h4-6H,1-3H3,(H2,19,21)(H,20,22). The summed E-state index contributed by atoms with van der Waals surface area (Å²) in [4.78, 5) is 25.7. The minimum atomic E-state index is -0.565. The molecule has 25 heavy (non-hydrogen) atoms. The van der Waals surface area contributed by atoms with E-state index in [1.54, 1.807) is 20.1 Å². The third kappa shape index (κ3) is 3.10. The predicted molar refractivity (Wildman–Crippen MR) is 104 cm³/mol. The van der Waals surface area contributed by atoms with Crippen LogP contribution in [-0.2, 0) is 0 Å². The van der Waals surface area contributed by atoms with Gasteiger partial charge < -0.3 is 15.8 Å². The van der Waals surface area contributed by atoms with Crippen LogP contribution in [0.2, 0.25) is 5.02 Å². The zero-order chi connectivity index (χ0) is 18.3. The number of nitrogens with two attached hydrogens (primary N) is 1. The highest BCUT2D eigenvalue weighted by Crippen LogP contribution is 2.38. The molecule has 2 heterocycles. The van der Waals surface area contributed by atoms with E-state index < -0.39 is 5.91 Å². The van der Waals surface area contributed by atoms with Crippen LogP contribution in [0.4, 0.5) is 5.00 Å². The van der Waals surface area contributed by atoms with Crippen molar-refractivity contribution in [2.75, 3.05) is 12.4 Å². The number of benzene rings is 1. The Morgan fingerprint density at radius 3 is 2.60 bits per heavy atom. The Labute approximate surface area is 157 Å². The number of primary amides is 1. The molecular formula is C17H15ClN2O3S2. The zero-order valence-electron chi connectivity index (χ0n) is 13.7. The van der Waals surface area contributed by atoms with Gasteiger partial charge in [-0.3, -0.25) is 9.59 Å². The van der Waals surface area contributed by atoms with Crippen molar-refractivity contribution in [3.63, 3.8) is 0 Å². The smallest absolute Gasteiger partial charge is 0.267 e. The molecule has 3 aromatic rings. The molecule has 0 saturated heterocycles. The average molecular weight is 395 g/mol. The molecule has 0 radical (unpaired) electrons. The van der Waals surface area contributed by atoms with Crippen molar-refractivity contribution in [2.24, 2.45) is 5.73 Å². The van der Waals surface area contributed by atoms with Crippen LogP contribution < -0.4 is 15.8 Å². The number of aryl methyl sites for hydroxylation is 1. The Kier molecular flexibility index (Phi) is 4.73. The summed E-state index contributed by atoms with van der Waals surface area (Å²) in [5, 5.41) is 4.38. The number of carbonyl (C=O) groups is 2. The van der Waals surface area contributed by atoms with Crippen LogP contribution in [0.1, 0.15) is 30.5 Å². The second-order valence-electron chi connectivity index (χ2n) is 5.41. The number of thiophene rings is 2. The quantitative estimate of drug-likeness (QED) is 0.678. The van der Waals surface area contributed by atoms with Crippen molar-refractivity contribution < 1.29 is 14.3 Å². The Morgan fingerprint density at radius 1 is 1.24 bits per heavy atom. The Hall–Kier alpha value is -2.09. The Balaban J connectivity index is 2.00. The number of halogens is 1. The monoisotopic (exact) mass is 394 g/mol. The van der Waals surface area contributed by atoms with Crippen LogP contribution >= 0.6 is 34.3 Å². The lowest BCUT2D eigenvalue weighted by Gasteiger charge is -2.04. The van der Waals surface area contributed by atoms with Crippen LogP contribution in [0.5, 0.6) is 5.75 Å². The summed E-state index contributed by atoms with van der Waals surface area (Å²) in [6.07, 6.45) is 0. The van der Waals surface area contributed by atoms with Crippen LogP contribution in [0.3, 0.4) is 0 Å². The molecule has 130 valence electrons. The Morgan fingerprint density at radius 2 is 1.96 bits per heavy atom. The van der Waals surface area contributed by atoms with Crippen LogP contribution in [0, 0.1) is 13.8 Å². The molecule has 2 amide bonds. The van der Waals surface area contributed by atoms with E-state index >= 15 is 0 Å². The van der Waals surface area contributed by atoms with E-state index in [4.69, 9.17) is 22.1 Å². The second-order valence-corrected chi connectivity index (χ2v) is 8.07. The molecule has 0 bridgehead atoms. The summed E-state index contributed by atoms with van der Waals surface area (Å²) in [6, 6.07) is 5.44. The van der Waals surface area contributed by atoms with Crippen LogP contribution in [0.15, 0.2) is 18.2 Å². The fourth-order valence-corrected chi connectivity index (χ4v) is 4.99. The summed E-state index contributed by atoms with van der Waals surface area (Å²) in [5.74, 6) is -0.240. The van der Waals surface area contributed by atoms with Crippen molar-refractivity contribution in [1.82, 2.24) is 0 Å². The number of ether oxygens (including phenoxy) is 1. The molecule has 2 aromatic heterocycles. The molecular weight excluding hydrogens is 380 g/mol. The number of carbonyl (C=O) groups excluding carboxylic acids is 2. The fourth-order valence-electron chi connectivity index (χ4n) is 2.49. The molecule has 8 heteroatoms. The molecule has 0 aliphatic carbocycles. The van der Waals surface area contributed by atoms with Crippen molar-refractivity contribution in [3.05, 3.63) is 44.1 Å². The minimum absolute atomic E-state index is 0.342. The van der Waals surface area contributed by atoms with Gasteiger partial charge in [0.1, 0.15) is 15.6 Å². The Bertz CT molecular complexity index is 1010. The molecule has 0 aliphatic heterocycles. The van der Waals surface area contributed by atoms with Crippen molar-refractivity contribution >= 4 is 61.2 Å². The number of rotatable bonds is 4. The van der Waals surface area contributed by atoms with Gasteiger partial charge in [-0.1, -0.05) is 11.6 Å². The van der Waals surface area contributed by atoms with Gasteiger partial charge in [-0.15, -0.1) is 22.7 Å². The highest BCUT2D eigenvalue weighted by Gasteiger charge is 2.22. The maximum Gasteiger partial charge on any atom is 0.267 e. The van der Waals surface area contributed by atoms with Gasteiger partial charge in [0.15, 0.2) is 0 Å². The number of hydrogen-bond acceptors (Lipinski definition) is 5. The lowest BCUT2D eigenvalue weighted by atomic mass is 10.1. The third-order valence-electron chi connectivity index (χ3n) is 3.90. The number of anilines is 1. The highest BCUT2D eigenvalue weighted by atomic mass is 35.5. The number of hydrogen-bond donors (Lipinski definition) is 2. The van der Waals surface area contributed by atoms with Gasteiger partial charge in [0, 0.05) is 15.0 Å². The molecule has 0 spiro atoms. The van der Waals surface area contributed by atoms with Crippen LogP contribution in [-0.4, -0.2) is 18.9 Å². The molecule has 0 saturated carbocycles. The normalized spacial score (nSPS) is 10.9. The second kappa shape index (κ2) is 6.67. The summed E-state index contributed by atoms with van der Waals surface area (Å²) in [6.45, 7) is 3.68. The molecule has 3 rings (SSSR count). The van der Waals surface area contributed by atoms with E-state index in [1.807, 2.05) is 19.1 Å². The third-order valence-corrected chi connectivity index (χ3v) is 6.68. The molecule has 0 aliphatic rings. The van der Waals surface area contributed by atoms with Crippen molar-refractivity contribution in [1.29, 1.82) is 0 Å². The predicted octanol–water partition coefficient (Wildman–Crippen LogP) is 4.59. The van der Waals surface area contributed by atoms with Gasteiger partial charge in [0.05, 0.1) is 17.7 Å². The highest BCUT2D eigenvalue weighted by molar-refractivity contribution is 7.22.